The van der Waals surface area contributed by atoms with Crippen molar-refractivity contribution < 1.29 is 0 Å². The van der Waals surface area contributed by atoms with Gasteiger partial charge in [-0.25, -0.2) is 0 Å². The Balaban J connectivity index is 0.969. The SMILES string of the molecule is c1ccc(-c2ccc(N(c3ccccc3)c3ccc(-c4cccc5c4-c4ccc(N(c6ccccc6)c6ccc(-c7ccccc7)cc6)cc4C54c5ccccc5-c5ccccc54)cc3)cc2)cc1. The molecule has 11 aromatic carbocycles. The average Bonchev–Trinajstić information content (AvgIpc) is 3.90. The number of para-hydroxylation sites is 2. The molecular formula is C67H46N2. The first kappa shape index (κ1) is 40.3. The van der Waals surface area contributed by atoms with E-state index < -0.39 is 5.41 Å². The van der Waals surface area contributed by atoms with Gasteiger partial charge in [0.1, 0.15) is 0 Å². The molecule has 0 heterocycles. The number of benzene rings is 11. The Morgan fingerprint density at radius 2 is 0.551 bits per heavy atom. The van der Waals surface area contributed by atoms with Crippen LogP contribution >= 0.6 is 0 Å². The highest BCUT2D eigenvalue weighted by Crippen LogP contribution is 2.64. The Morgan fingerprint density at radius 3 is 1.04 bits per heavy atom. The molecule has 324 valence electrons. The molecule has 0 atom stereocenters. The van der Waals surface area contributed by atoms with Gasteiger partial charge in [-0.1, -0.05) is 206 Å². The van der Waals surface area contributed by atoms with Crippen LogP contribution in [0.3, 0.4) is 0 Å². The van der Waals surface area contributed by atoms with E-state index in [1.165, 1.54) is 77.9 Å². The normalized spacial score (nSPS) is 12.5. The third kappa shape index (κ3) is 6.64. The Kier molecular flexibility index (Phi) is 9.77. The maximum absolute atomic E-state index is 2.49. The predicted molar refractivity (Wildman–Crippen MR) is 288 cm³/mol. The first-order valence-corrected chi connectivity index (χ1v) is 23.8. The standard InChI is InChI=1S/C67H46N2/c1-5-18-47(19-6-1)49-32-38-54(39-33-49)68(52-22-9-3-10-23-52)55-42-36-51(37-43-55)58-28-17-31-64-66(58)61-45-44-57(46-65(61)67(64)62-29-15-13-26-59(62)60-27-14-16-30-63(60)67)69(53-24-11-4-12-25-53)56-40-34-50(35-41-56)48-20-7-2-8-21-48/h1-46H. The number of nitrogens with zero attached hydrogens (tertiary/aromatic N) is 2. The van der Waals surface area contributed by atoms with Gasteiger partial charge in [0.2, 0.25) is 0 Å². The lowest BCUT2D eigenvalue weighted by Crippen LogP contribution is -2.26. The molecule has 0 aromatic heterocycles. The monoisotopic (exact) mass is 878 g/mol. The third-order valence-corrected chi connectivity index (χ3v) is 14.3. The maximum Gasteiger partial charge on any atom is 0.0726 e. The number of anilines is 6. The second kappa shape index (κ2) is 16.7. The lowest BCUT2D eigenvalue weighted by atomic mass is 9.70. The molecule has 13 rings (SSSR count). The van der Waals surface area contributed by atoms with Crippen LogP contribution in [-0.2, 0) is 5.41 Å². The topological polar surface area (TPSA) is 6.48 Å². The average molecular weight is 879 g/mol. The third-order valence-electron chi connectivity index (χ3n) is 14.3. The fourth-order valence-electron chi connectivity index (χ4n) is 11.3. The largest absolute Gasteiger partial charge is 0.311 e. The van der Waals surface area contributed by atoms with Crippen molar-refractivity contribution in [2.45, 2.75) is 5.41 Å². The molecule has 2 nitrogen and oxygen atoms in total. The van der Waals surface area contributed by atoms with E-state index in [0.717, 1.165) is 34.1 Å². The molecule has 0 fully saturated rings. The minimum Gasteiger partial charge on any atom is -0.311 e. The minimum atomic E-state index is -0.528. The summed E-state index contributed by atoms with van der Waals surface area (Å²) in [5, 5.41) is 0. The van der Waals surface area contributed by atoms with Crippen LogP contribution in [0.5, 0.6) is 0 Å². The molecule has 2 heteroatoms. The Labute approximate surface area is 404 Å². The fraction of sp³-hybridized carbons (Fsp3) is 0.0149. The molecule has 2 aliphatic carbocycles. The van der Waals surface area contributed by atoms with Crippen molar-refractivity contribution in [2.75, 3.05) is 9.80 Å². The highest BCUT2D eigenvalue weighted by atomic mass is 15.1. The molecular weight excluding hydrogens is 833 g/mol. The summed E-state index contributed by atoms with van der Waals surface area (Å²) in [5.41, 5.74) is 23.7. The van der Waals surface area contributed by atoms with E-state index >= 15 is 0 Å². The predicted octanol–water partition coefficient (Wildman–Crippen LogP) is 18.0. The van der Waals surface area contributed by atoms with E-state index in [9.17, 15) is 0 Å². The van der Waals surface area contributed by atoms with Gasteiger partial charge in [-0.15, -0.1) is 0 Å². The molecule has 0 amide bonds. The summed E-state index contributed by atoms with van der Waals surface area (Å²) in [7, 11) is 0. The zero-order valence-electron chi connectivity index (χ0n) is 38.0. The second-order valence-corrected chi connectivity index (χ2v) is 18.0. The molecule has 1 spiro atoms. The van der Waals surface area contributed by atoms with Gasteiger partial charge in [-0.2, -0.15) is 0 Å². The first-order chi connectivity index (χ1) is 34.2. The Morgan fingerprint density at radius 1 is 0.203 bits per heavy atom. The Hall–Kier alpha value is -8.98. The van der Waals surface area contributed by atoms with Gasteiger partial charge in [-0.3, -0.25) is 0 Å². The molecule has 0 saturated heterocycles. The van der Waals surface area contributed by atoms with Crippen LogP contribution in [-0.4, -0.2) is 0 Å². The number of hydrogen-bond donors (Lipinski definition) is 0. The molecule has 11 aromatic rings. The fourth-order valence-corrected chi connectivity index (χ4v) is 11.3. The summed E-state index contributed by atoms with van der Waals surface area (Å²) < 4.78 is 0. The highest BCUT2D eigenvalue weighted by molar-refractivity contribution is 6.01. The van der Waals surface area contributed by atoms with Crippen molar-refractivity contribution in [3.63, 3.8) is 0 Å². The molecule has 2 aliphatic rings. The van der Waals surface area contributed by atoms with Crippen LogP contribution in [0, 0.1) is 0 Å². The maximum atomic E-state index is 2.49. The lowest BCUT2D eigenvalue weighted by Gasteiger charge is -2.32. The molecule has 0 bridgehead atoms. The first-order valence-electron chi connectivity index (χ1n) is 23.8. The Bertz CT molecular complexity index is 3580. The quantitative estimate of drug-likeness (QED) is 0.143. The summed E-state index contributed by atoms with van der Waals surface area (Å²) in [6.07, 6.45) is 0. The summed E-state index contributed by atoms with van der Waals surface area (Å²) in [6.45, 7) is 0. The van der Waals surface area contributed by atoms with Crippen molar-refractivity contribution in [2.24, 2.45) is 0 Å². The van der Waals surface area contributed by atoms with Crippen molar-refractivity contribution in [3.05, 3.63) is 301 Å². The van der Waals surface area contributed by atoms with E-state index in [4.69, 9.17) is 0 Å². The minimum absolute atomic E-state index is 0.528. The van der Waals surface area contributed by atoms with Gasteiger partial charge in [0.15, 0.2) is 0 Å². The zero-order chi connectivity index (χ0) is 45.7. The summed E-state index contributed by atoms with van der Waals surface area (Å²) in [5.74, 6) is 0. The van der Waals surface area contributed by atoms with Crippen molar-refractivity contribution >= 4 is 34.1 Å². The van der Waals surface area contributed by atoms with Crippen LogP contribution in [0.2, 0.25) is 0 Å². The van der Waals surface area contributed by atoms with E-state index in [2.05, 4.69) is 289 Å². The molecule has 0 radical (unpaired) electrons. The van der Waals surface area contributed by atoms with Gasteiger partial charge in [0.05, 0.1) is 5.41 Å². The molecule has 69 heavy (non-hydrogen) atoms. The molecule has 0 N–H and O–H groups in total. The molecule has 0 unspecified atom stereocenters. The summed E-state index contributed by atoms with van der Waals surface area (Å²) >= 11 is 0. The zero-order valence-corrected chi connectivity index (χ0v) is 38.0. The van der Waals surface area contributed by atoms with E-state index in [1.54, 1.807) is 0 Å². The molecule has 0 saturated carbocycles. The highest BCUT2D eigenvalue weighted by Gasteiger charge is 2.52. The molecule has 0 aliphatic heterocycles. The van der Waals surface area contributed by atoms with Crippen LogP contribution in [0.25, 0.3) is 55.6 Å². The number of fused-ring (bicyclic) bond motifs is 10. The van der Waals surface area contributed by atoms with Crippen molar-refractivity contribution in [1.29, 1.82) is 0 Å². The van der Waals surface area contributed by atoms with Crippen LogP contribution in [0.4, 0.5) is 34.1 Å². The smallest absolute Gasteiger partial charge is 0.0726 e. The number of rotatable bonds is 9. The van der Waals surface area contributed by atoms with E-state index in [0.29, 0.717) is 0 Å². The second-order valence-electron chi connectivity index (χ2n) is 18.0. The van der Waals surface area contributed by atoms with Crippen LogP contribution < -0.4 is 9.80 Å². The number of hydrogen-bond acceptors (Lipinski definition) is 2. The van der Waals surface area contributed by atoms with Gasteiger partial charge in [-0.05, 0) is 151 Å². The summed E-state index contributed by atoms with van der Waals surface area (Å²) in [6, 6.07) is 102. The van der Waals surface area contributed by atoms with E-state index in [-0.39, 0.29) is 0 Å². The van der Waals surface area contributed by atoms with Gasteiger partial charge < -0.3 is 9.80 Å². The van der Waals surface area contributed by atoms with Crippen molar-refractivity contribution in [1.82, 2.24) is 0 Å². The van der Waals surface area contributed by atoms with Gasteiger partial charge in [0.25, 0.3) is 0 Å². The van der Waals surface area contributed by atoms with Crippen LogP contribution in [0.15, 0.2) is 279 Å². The lowest BCUT2D eigenvalue weighted by molar-refractivity contribution is 0.794. The van der Waals surface area contributed by atoms with Gasteiger partial charge >= 0.3 is 0 Å². The summed E-state index contributed by atoms with van der Waals surface area (Å²) in [4.78, 5) is 4.76. The van der Waals surface area contributed by atoms with Crippen LogP contribution in [0.1, 0.15) is 22.3 Å². The van der Waals surface area contributed by atoms with E-state index in [1.807, 2.05) is 0 Å². The van der Waals surface area contributed by atoms with Crippen molar-refractivity contribution in [3.8, 4) is 55.6 Å². The van der Waals surface area contributed by atoms with Gasteiger partial charge in [0, 0.05) is 34.1 Å².